The highest BCUT2D eigenvalue weighted by atomic mass is 32.2. The minimum Gasteiger partial charge on any atom is -0.387 e. The van der Waals surface area contributed by atoms with Gasteiger partial charge >= 0.3 is 0 Å². The monoisotopic (exact) mass is 418 g/mol. The van der Waals surface area contributed by atoms with Gasteiger partial charge in [0.05, 0.1) is 29.5 Å². The molecule has 0 amide bonds. The van der Waals surface area contributed by atoms with E-state index in [-0.39, 0.29) is 5.82 Å². The predicted molar refractivity (Wildman–Crippen MR) is 121 cm³/mol. The molecule has 0 fully saturated rings. The summed E-state index contributed by atoms with van der Waals surface area (Å²) in [7, 11) is 1.84. The van der Waals surface area contributed by atoms with Crippen LogP contribution >= 0.6 is 11.8 Å². The number of nitrogens with two attached hydrogens (primary N) is 1. The molecule has 0 aliphatic carbocycles. The van der Waals surface area contributed by atoms with E-state index in [2.05, 4.69) is 51.4 Å². The Morgan fingerprint density at radius 3 is 2.43 bits per heavy atom. The van der Waals surface area contributed by atoms with Crippen molar-refractivity contribution in [1.82, 2.24) is 20.1 Å². The van der Waals surface area contributed by atoms with Crippen LogP contribution < -0.4 is 11.1 Å². The number of benzene rings is 1. The molecule has 3 N–H and O–H groups in total. The zero-order valence-corrected chi connectivity index (χ0v) is 17.8. The van der Waals surface area contributed by atoms with Crippen LogP contribution in [0.25, 0.3) is 34.1 Å². The van der Waals surface area contributed by atoms with Crippen molar-refractivity contribution in [3.05, 3.63) is 54.9 Å². The quantitative estimate of drug-likeness (QED) is 0.422. The summed E-state index contributed by atoms with van der Waals surface area (Å²) in [5.74, 6) is 0.732. The van der Waals surface area contributed by atoms with Gasteiger partial charge in [0, 0.05) is 28.8 Å². The number of aromatic nitrogens is 4. The molecule has 0 radical (unpaired) electrons. The van der Waals surface area contributed by atoms with Crippen molar-refractivity contribution in [2.24, 2.45) is 0 Å². The molecule has 0 aliphatic rings. The van der Waals surface area contributed by atoms with Gasteiger partial charge in [0.15, 0.2) is 17.3 Å². The van der Waals surface area contributed by atoms with Gasteiger partial charge in [0.25, 0.3) is 0 Å². The number of nitrogen functional groups attached to an aromatic ring is 1. The molecule has 3 heterocycles. The summed E-state index contributed by atoms with van der Waals surface area (Å²) in [6, 6.07) is 13.8. The Hall–Kier alpha value is -3.39. The van der Waals surface area contributed by atoms with Gasteiger partial charge in [-0.15, -0.1) is 11.8 Å². The lowest BCUT2D eigenvalue weighted by atomic mass is 10.1. The van der Waals surface area contributed by atoms with E-state index >= 15 is 0 Å². The number of hydrogen-bond donors (Lipinski definition) is 2. The number of anilines is 2. The predicted octanol–water partition coefficient (Wildman–Crippen LogP) is 4.99. The van der Waals surface area contributed by atoms with Gasteiger partial charge in [-0.05, 0) is 24.3 Å². The normalized spacial score (nSPS) is 11.1. The second-order valence-corrected chi connectivity index (χ2v) is 8.59. The number of pyridine rings is 1. The molecule has 1 aromatic carbocycles. The first kappa shape index (κ1) is 19.9. The van der Waals surface area contributed by atoms with Crippen molar-refractivity contribution in [2.75, 3.05) is 18.1 Å². The molecule has 0 saturated carbocycles. The smallest absolute Gasteiger partial charge is 0.189 e. The van der Waals surface area contributed by atoms with Crippen molar-refractivity contribution in [1.29, 1.82) is 0 Å². The fourth-order valence-corrected chi connectivity index (χ4v) is 3.73. The van der Waals surface area contributed by atoms with E-state index in [0.717, 1.165) is 16.9 Å². The van der Waals surface area contributed by atoms with E-state index < -0.39 is 0 Å². The van der Waals surface area contributed by atoms with Crippen molar-refractivity contribution >= 4 is 23.3 Å². The minimum atomic E-state index is 0.284. The molecule has 4 rings (SSSR count). The highest BCUT2D eigenvalue weighted by molar-refractivity contribution is 7.99. The molecule has 152 valence electrons. The average molecular weight is 419 g/mol. The average Bonchev–Trinajstić information content (AvgIpc) is 3.24. The van der Waals surface area contributed by atoms with Gasteiger partial charge in [-0.2, -0.15) is 0 Å². The number of thioether (sulfide) groups is 1. The number of nitrogens with one attached hydrogen (secondary N) is 1. The number of hydrogen-bond acceptors (Lipinski definition) is 8. The largest absolute Gasteiger partial charge is 0.387 e. The third-order valence-corrected chi connectivity index (χ3v) is 5.40. The summed E-state index contributed by atoms with van der Waals surface area (Å²) in [6.45, 7) is 4.35. The Balaban J connectivity index is 1.63. The Morgan fingerprint density at radius 1 is 0.967 bits per heavy atom. The van der Waals surface area contributed by atoms with Crippen LogP contribution in [0.4, 0.5) is 11.5 Å². The van der Waals surface area contributed by atoms with Crippen molar-refractivity contribution in [2.45, 2.75) is 24.0 Å². The van der Waals surface area contributed by atoms with Crippen LogP contribution in [0.15, 0.2) is 64.3 Å². The highest BCUT2D eigenvalue weighted by Gasteiger charge is 2.16. The van der Waals surface area contributed by atoms with Crippen LogP contribution in [-0.4, -0.2) is 32.4 Å². The SMILES string of the molecule is CNc1ccc(-c2cc(-c3nc(-c4ccc(SC(C)C)cc4)cnc3N)on2)nc1. The maximum absolute atomic E-state index is 6.08. The fourth-order valence-electron chi connectivity index (χ4n) is 2.90. The van der Waals surface area contributed by atoms with Crippen molar-refractivity contribution < 1.29 is 4.52 Å². The van der Waals surface area contributed by atoms with E-state index in [1.807, 2.05) is 43.1 Å². The molecule has 7 nitrogen and oxygen atoms in total. The zero-order chi connectivity index (χ0) is 21.1. The lowest BCUT2D eigenvalue weighted by Gasteiger charge is -2.07. The molecule has 0 aliphatic heterocycles. The summed E-state index contributed by atoms with van der Waals surface area (Å²) in [5.41, 5.74) is 10.4. The van der Waals surface area contributed by atoms with Crippen molar-refractivity contribution in [3.63, 3.8) is 0 Å². The molecular formula is C22H22N6OS. The number of nitrogens with zero attached hydrogens (tertiary/aromatic N) is 4. The first-order chi connectivity index (χ1) is 14.5. The molecular weight excluding hydrogens is 396 g/mol. The molecule has 0 bridgehead atoms. The third kappa shape index (κ3) is 4.28. The number of rotatable bonds is 6. The Morgan fingerprint density at radius 2 is 1.77 bits per heavy atom. The molecule has 0 saturated heterocycles. The molecule has 8 heteroatoms. The third-order valence-electron chi connectivity index (χ3n) is 4.38. The summed E-state index contributed by atoms with van der Waals surface area (Å²) in [4.78, 5) is 14.6. The first-order valence-corrected chi connectivity index (χ1v) is 10.4. The van der Waals surface area contributed by atoms with E-state index in [0.29, 0.717) is 28.1 Å². The summed E-state index contributed by atoms with van der Waals surface area (Å²) >= 11 is 1.82. The van der Waals surface area contributed by atoms with E-state index in [4.69, 9.17) is 10.3 Å². The molecule has 3 aromatic heterocycles. The summed E-state index contributed by atoms with van der Waals surface area (Å²) in [6.07, 6.45) is 3.40. The van der Waals surface area contributed by atoms with E-state index in [1.54, 1.807) is 18.5 Å². The first-order valence-electron chi connectivity index (χ1n) is 9.54. The Kier molecular flexibility index (Phi) is 5.67. The van der Waals surface area contributed by atoms with Crippen LogP contribution in [0.1, 0.15) is 13.8 Å². The molecule has 0 unspecified atom stereocenters. The molecule has 4 aromatic rings. The summed E-state index contributed by atoms with van der Waals surface area (Å²) in [5, 5.41) is 7.68. The van der Waals surface area contributed by atoms with Crippen molar-refractivity contribution in [3.8, 4) is 34.1 Å². The second-order valence-electron chi connectivity index (χ2n) is 6.94. The fraction of sp³-hybridized carbons (Fsp3) is 0.182. The van der Waals surface area contributed by atoms with Crippen LogP contribution in [0.3, 0.4) is 0 Å². The van der Waals surface area contributed by atoms with Crippen LogP contribution in [0.2, 0.25) is 0 Å². The van der Waals surface area contributed by atoms with Gasteiger partial charge in [0.2, 0.25) is 0 Å². The van der Waals surface area contributed by atoms with Crippen LogP contribution in [-0.2, 0) is 0 Å². The highest BCUT2D eigenvalue weighted by Crippen LogP contribution is 2.30. The second kappa shape index (κ2) is 8.54. The van der Waals surface area contributed by atoms with Gasteiger partial charge in [0.1, 0.15) is 5.69 Å². The van der Waals surface area contributed by atoms with Gasteiger partial charge in [-0.1, -0.05) is 31.1 Å². The lowest BCUT2D eigenvalue weighted by Crippen LogP contribution is -1.98. The Labute approximate surface area is 179 Å². The van der Waals surface area contributed by atoms with Gasteiger partial charge < -0.3 is 15.6 Å². The molecule has 30 heavy (non-hydrogen) atoms. The molecule has 0 atom stereocenters. The lowest BCUT2D eigenvalue weighted by molar-refractivity contribution is 0.433. The van der Waals surface area contributed by atoms with Gasteiger partial charge in [-0.25, -0.2) is 9.97 Å². The topological polar surface area (TPSA) is 103 Å². The standard InChI is InChI=1S/C22H22N6OS/c1-13(2)30-16-7-4-14(5-8-16)19-12-26-22(23)21(27-19)20-10-18(28-29-20)17-9-6-15(24-3)11-25-17/h4-13,24H,1-3H3,(H2,23,26). The summed E-state index contributed by atoms with van der Waals surface area (Å²) < 4.78 is 5.50. The van der Waals surface area contributed by atoms with E-state index in [1.165, 1.54) is 4.90 Å². The minimum absolute atomic E-state index is 0.284. The van der Waals surface area contributed by atoms with Gasteiger partial charge in [-0.3, -0.25) is 4.98 Å². The maximum Gasteiger partial charge on any atom is 0.189 e. The van der Waals surface area contributed by atoms with E-state index in [9.17, 15) is 0 Å². The zero-order valence-electron chi connectivity index (χ0n) is 17.0. The van der Waals surface area contributed by atoms with Crippen LogP contribution in [0.5, 0.6) is 0 Å². The molecule has 0 spiro atoms. The maximum atomic E-state index is 6.08. The Bertz CT molecular complexity index is 1140. The van der Waals surface area contributed by atoms with Crippen LogP contribution in [0, 0.1) is 0 Å².